The smallest absolute Gasteiger partial charge is 0.129 e. The van der Waals surface area contributed by atoms with Crippen molar-refractivity contribution in [2.75, 3.05) is 11.9 Å². The molecule has 0 spiro atoms. The Morgan fingerprint density at radius 3 is 2.47 bits per heavy atom. The van der Waals surface area contributed by atoms with Crippen LogP contribution >= 0.6 is 0 Å². The first-order chi connectivity index (χ1) is 9.19. The van der Waals surface area contributed by atoms with Crippen molar-refractivity contribution in [1.29, 1.82) is 0 Å². The third-order valence-electron chi connectivity index (χ3n) is 4.40. The number of nitrogens with one attached hydrogen (secondary N) is 1. The average Bonchev–Trinajstić information content (AvgIpc) is 2.46. The van der Waals surface area contributed by atoms with Gasteiger partial charge in [-0.2, -0.15) is 0 Å². The van der Waals surface area contributed by atoms with Gasteiger partial charge in [0.1, 0.15) is 12.1 Å². The van der Waals surface area contributed by atoms with Crippen molar-refractivity contribution in [1.82, 2.24) is 9.97 Å². The molecule has 1 aromatic rings. The van der Waals surface area contributed by atoms with Crippen molar-refractivity contribution in [2.24, 2.45) is 11.8 Å². The van der Waals surface area contributed by atoms with E-state index in [9.17, 15) is 0 Å². The highest BCUT2D eigenvalue weighted by atomic mass is 15.0. The van der Waals surface area contributed by atoms with E-state index in [2.05, 4.69) is 42.1 Å². The Bertz CT molecular complexity index is 381. The summed E-state index contributed by atoms with van der Waals surface area (Å²) >= 11 is 0. The second kappa shape index (κ2) is 6.88. The molecule has 0 aromatic carbocycles. The predicted octanol–water partition coefficient (Wildman–Crippen LogP) is 4.23. The second-order valence-corrected chi connectivity index (χ2v) is 6.16. The summed E-state index contributed by atoms with van der Waals surface area (Å²) in [6.45, 7) is 7.71. The van der Waals surface area contributed by atoms with Gasteiger partial charge in [0.05, 0.1) is 0 Å². The number of rotatable bonds is 5. The van der Waals surface area contributed by atoms with Crippen molar-refractivity contribution in [2.45, 2.75) is 58.8 Å². The lowest BCUT2D eigenvalue weighted by molar-refractivity contribution is 0.278. The summed E-state index contributed by atoms with van der Waals surface area (Å²) in [7, 11) is 0. The van der Waals surface area contributed by atoms with Gasteiger partial charge in [-0.15, -0.1) is 0 Å². The van der Waals surface area contributed by atoms with E-state index in [0.717, 1.165) is 29.9 Å². The highest BCUT2D eigenvalue weighted by molar-refractivity contribution is 5.35. The van der Waals surface area contributed by atoms with Gasteiger partial charge in [0.2, 0.25) is 0 Å². The average molecular weight is 261 g/mol. The van der Waals surface area contributed by atoms with Crippen LogP contribution in [0.1, 0.15) is 64.5 Å². The zero-order valence-corrected chi connectivity index (χ0v) is 12.5. The number of anilines is 1. The van der Waals surface area contributed by atoms with Crippen molar-refractivity contribution < 1.29 is 0 Å². The summed E-state index contributed by atoms with van der Waals surface area (Å²) in [4.78, 5) is 8.62. The van der Waals surface area contributed by atoms with Gasteiger partial charge >= 0.3 is 0 Å². The largest absolute Gasteiger partial charge is 0.370 e. The van der Waals surface area contributed by atoms with Gasteiger partial charge in [-0.1, -0.05) is 40.0 Å². The van der Waals surface area contributed by atoms with Gasteiger partial charge in [0, 0.05) is 18.3 Å². The molecule has 0 saturated heterocycles. The summed E-state index contributed by atoms with van der Waals surface area (Å²) in [6.07, 6.45) is 8.57. The van der Waals surface area contributed by atoms with Crippen LogP contribution < -0.4 is 5.32 Å². The van der Waals surface area contributed by atoms with E-state index >= 15 is 0 Å². The molecule has 0 aliphatic heterocycles. The first-order valence-corrected chi connectivity index (χ1v) is 7.74. The molecule has 1 aromatic heterocycles. The van der Waals surface area contributed by atoms with Crippen LogP contribution in [0.5, 0.6) is 0 Å². The molecule has 1 N–H and O–H groups in total. The molecule has 0 radical (unpaired) electrons. The van der Waals surface area contributed by atoms with E-state index in [1.807, 2.05) is 0 Å². The Kier molecular flexibility index (Phi) is 5.17. The summed E-state index contributed by atoms with van der Waals surface area (Å²) < 4.78 is 0. The second-order valence-electron chi connectivity index (χ2n) is 6.16. The van der Waals surface area contributed by atoms with E-state index in [-0.39, 0.29) is 0 Å². The van der Waals surface area contributed by atoms with Gasteiger partial charge in [-0.05, 0) is 30.6 Å². The van der Waals surface area contributed by atoms with Crippen LogP contribution in [0.2, 0.25) is 0 Å². The Morgan fingerprint density at radius 1 is 1.16 bits per heavy atom. The minimum absolute atomic E-state index is 0.462. The lowest BCUT2D eigenvalue weighted by atomic mass is 9.81. The maximum atomic E-state index is 4.32. The Labute approximate surface area is 117 Å². The van der Waals surface area contributed by atoms with Crippen LogP contribution in [-0.2, 0) is 0 Å². The third-order valence-corrected chi connectivity index (χ3v) is 4.40. The van der Waals surface area contributed by atoms with Gasteiger partial charge in [-0.25, -0.2) is 9.97 Å². The summed E-state index contributed by atoms with van der Waals surface area (Å²) in [5, 5.41) is 3.49. The maximum Gasteiger partial charge on any atom is 0.129 e. The molecule has 106 valence electrons. The van der Waals surface area contributed by atoms with Crippen molar-refractivity contribution in [3.8, 4) is 0 Å². The first-order valence-electron chi connectivity index (χ1n) is 7.74. The molecule has 0 atom stereocenters. The molecule has 1 aliphatic rings. The number of hydrogen-bond acceptors (Lipinski definition) is 3. The van der Waals surface area contributed by atoms with Gasteiger partial charge in [-0.3, -0.25) is 0 Å². The first kappa shape index (κ1) is 14.3. The van der Waals surface area contributed by atoms with Crippen LogP contribution in [0.3, 0.4) is 0 Å². The molecule has 1 aliphatic carbocycles. The zero-order valence-electron chi connectivity index (χ0n) is 12.5. The van der Waals surface area contributed by atoms with E-state index in [4.69, 9.17) is 0 Å². The molecule has 0 unspecified atom stereocenters. The summed E-state index contributed by atoms with van der Waals surface area (Å²) in [6, 6.07) is 2.09. The van der Waals surface area contributed by atoms with Crippen LogP contribution in [0.15, 0.2) is 12.4 Å². The van der Waals surface area contributed by atoms with Crippen molar-refractivity contribution in [3.05, 3.63) is 18.1 Å². The number of nitrogens with zero attached hydrogens (tertiary/aromatic N) is 2. The van der Waals surface area contributed by atoms with Crippen LogP contribution in [0.25, 0.3) is 0 Å². The Balaban J connectivity index is 1.81. The SMILES string of the molecule is CCC1CCC(CNc2cc(C(C)C)ncn2)CC1. The van der Waals surface area contributed by atoms with Gasteiger partial charge < -0.3 is 5.32 Å². The molecule has 1 heterocycles. The molecule has 2 rings (SSSR count). The lowest BCUT2D eigenvalue weighted by Gasteiger charge is -2.28. The minimum Gasteiger partial charge on any atom is -0.370 e. The number of aromatic nitrogens is 2. The van der Waals surface area contributed by atoms with Crippen LogP contribution in [0.4, 0.5) is 5.82 Å². The molecular formula is C16H27N3. The predicted molar refractivity (Wildman–Crippen MR) is 80.3 cm³/mol. The molecule has 1 fully saturated rings. The summed E-state index contributed by atoms with van der Waals surface area (Å²) in [5.74, 6) is 3.24. The standard InChI is InChI=1S/C16H27N3/c1-4-13-5-7-14(8-6-13)10-17-16-9-15(12(2)3)18-11-19-16/h9,11-14H,4-8,10H2,1-3H3,(H,17,18,19). The van der Waals surface area contributed by atoms with Crippen molar-refractivity contribution in [3.63, 3.8) is 0 Å². The fourth-order valence-corrected chi connectivity index (χ4v) is 2.88. The molecular weight excluding hydrogens is 234 g/mol. The normalized spacial score (nSPS) is 23.6. The monoisotopic (exact) mass is 261 g/mol. The quantitative estimate of drug-likeness (QED) is 0.862. The van der Waals surface area contributed by atoms with Gasteiger partial charge in [0.15, 0.2) is 0 Å². The fraction of sp³-hybridized carbons (Fsp3) is 0.750. The van der Waals surface area contributed by atoms with E-state index in [0.29, 0.717) is 5.92 Å². The topological polar surface area (TPSA) is 37.8 Å². The van der Waals surface area contributed by atoms with E-state index in [1.54, 1.807) is 6.33 Å². The molecule has 1 saturated carbocycles. The molecule has 3 nitrogen and oxygen atoms in total. The minimum atomic E-state index is 0.462. The van der Waals surface area contributed by atoms with E-state index in [1.165, 1.54) is 32.1 Å². The summed E-state index contributed by atoms with van der Waals surface area (Å²) in [5.41, 5.74) is 1.12. The van der Waals surface area contributed by atoms with Crippen molar-refractivity contribution >= 4 is 5.82 Å². The lowest BCUT2D eigenvalue weighted by Crippen LogP contribution is -2.21. The molecule has 0 amide bonds. The fourth-order valence-electron chi connectivity index (χ4n) is 2.88. The third kappa shape index (κ3) is 4.19. The van der Waals surface area contributed by atoms with Crippen LogP contribution in [-0.4, -0.2) is 16.5 Å². The Morgan fingerprint density at radius 2 is 1.84 bits per heavy atom. The molecule has 0 bridgehead atoms. The highest BCUT2D eigenvalue weighted by Gasteiger charge is 2.19. The van der Waals surface area contributed by atoms with E-state index < -0.39 is 0 Å². The Hall–Kier alpha value is -1.12. The number of hydrogen-bond donors (Lipinski definition) is 1. The zero-order chi connectivity index (χ0) is 13.7. The molecule has 3 heteroatoms. The van der Waals surface area contributed by atoms with Crippen LogP contribution in [0, 0.1) is 11.8 Å². The molecule has 19 heavy (non-hydrogen) atoms. The highest BCUT2D eigenvalue weighted by Crippen LogP contribution is 2.30. The van der Waals surface area contributed by atoms with Gasteiger partial charge in [0.25, 0.3) is 0 Å². The maximum absolute atomic E-state index is 4.32.